The van der Waals surface area contributed by atoms with E-state index in [1.807, 2.05) is 6.07 Å². The third kappa shape index (κ3) is 6.83. The highest BCUT2D eigenvalue weighted by molar-refractivity contribution is 7.89. The molecule has 7 N–H and O–H groups in total. The third-order valence-electron chi connectivity index (χ3n) is 6.51. The summed E-state index contributed by atoms with van der Waals surface area (Å²) in [6.07, 6.45) is 3.93. The van der Waals surface area contributed by atoms with Gasteiger partial charge in [0.15, 0.2) is 5.96 Å². The van der Waals surface area contributed by atoms with E-state index in [0.717, 1.165) is 24.8 Å². The fourth-order valence-corrected chi connectivity index (χ4v) is 6.24. The Balaban J connectivity index is 1.81. The molecular formula is C23H38N6O4S. The lowest BCUT2D eigenvalue weighted by Crippen LogP contribution is -2.51. The SMILES string of the molecule is CC1CNc2c(cccc2S(=O)(=O)NC(CCCN=C(N)N)C(=O)N2CCC[C@@H](CCO)C2)C1. The maximum Gasteiger partial charge on any atom is 0.243 e. The number of hydrogen-bond donors (Lipinski definition) is 5. The number of fused-ring (bicyclic) bond motifs is 1. The first kappa shape index (κ1) is 26.2. The van der Waals surface area contributed by atoms with Crippen molar-refractivity contribution in [2.45, 2.75) is 56.4 Å². The molecule has 3 rings (SSSR count). The van der Waals surface area contributed by atoms with Crippen LogP contribution in [0.25, 0.3) is 0 Å². The highest BCUT2D eigenvalue weighted by atomic mass is 32.2. The molecule has 2 heterocycles. The molecule has 2 aliphatic rings. The number of nitrogens with two attached hydrogens (primary N) is 2. The maximum atomic E-state index is 13.5. The largest absolute Gasteiger partial charge is 0.396 e. The van der Waals surface area contributed by atoms with Gasteiger partial charge in [-0.2, -0.15) is 4.72 Å². The first-order valence-electron chi connectivity index (χ1n) is 12.0. The second kappa shape index (κ2) is 11.9. The Morgan fingerprint density at radius 3 is 2.91 bits per heavy atom. The standard InChI is InChI=1S/C23H38N6O4S/c1-16-13-18-6-2-8-20(21(18)27-14-16)34(32,33)28-19(7-3-10-26-23(24)25)22(31)29-11-4-5-17(15-29)9-12-30/h2,6,8,16-17,19,27-28,30H,3-5,7,9-15H2,1H3,(H4,24,25,26)/t16?,17-,19?/m0/s1. The van der Waals surface area contributed by atoms with Crippen LogP contribution in [0.3, 0.4) is 0 Å². The molecule has 10 nitrogen and oxygen atoms in total. The molecule has 0 bridgehead atoms. The lowest BCUT2D eigenvalue weighted by molar-refractivity contribution is -0.135. The zero-order valence-corrected chi connectivity index (χ0v) is 20.7. The number of guanidine groups is 1. The smallest absolute Gasteiger partial charge is 0.243 e. The molecular weight excluding hydrogens is 456 g/mol. The molecule has 0 spiro atoms. The third-order valence-corrected chi connectivity index (χ3v) is 8.02. The molecule has 0 aliphatic carbocycles. The average Bonchev–Trinajstić information content (AvgIpc) is 2.80. The van der Waals surface area contributed by atoms with Crippen molar-refractivity contribution in [3.63, 3.8) is 0 Å². The molecule has 1 fully saturated rings. The molecule has 11 heteroatoms. The van der Waals surface area contributed by atoms with Gasteiger partial charge in [0, 0.05) is 32.8 Å². The van der Waals surface area contributed by atoms with Crippen molar-refractivity contribution >= 4 is 27.6 Å². The van der Waals surface area contributed by atoms with E-state index in [9.17, 15) is 18.3 Å². The number of hydrogen-bond acceptors (Lipinski definition) is 6. The van der Waals surface area contributed by atoms with Crippen LogP contribution in [0.1, 0.15) is 44.6 Å². The van der Waals surface area contributed by atoms with Gasteiger partial charge in [-0.05, 0) is 62.0 Å². The van der Waals surface area contributed by atoms with Crippen molar-refractivity contribution in [1.82, 2.24) is 9.62 Å². The Kier molecular flexibility index (Phi) is 9.15. The minimum atomic E-state index is -3.96. The summed E-state index contributed by atoms with van der Waals surface area (Å²) in [5.41, 5.74) is 12.4. The average molecular weight is 495 g/mol. The number of carbonyl (C=O) groups is 1. The van der Waals surface area contributed by atoms with Crippen LogP contribution in [0, 0.1) is 11.8 Å². The van der Waals surface area contributed by atoms with Crippen molar-refractivity contribution < 1.29 is 18.3 Å². The predicted molar refractivity (Wildman–Crippen MR) is 133 cm³/mol. The van der Waals surface area contributed by atoms with Crippen LogP contribution in [0.15, 0.2) is 28.1 Å². The molecule has 1 aromatic rings. The van der Waals surface area contributed by atoms with Crippen molar-refractivity contribution in [1.29, 1.82) is 0 Å². The number of sulfonamides is 1. The Bertz CT molecular complexity index is 978. The minimum absolute atomic E-state index is 0.0393. The molecule has 0 aromatic heterocycles. The number of benzene rings is 1. The first-order chi connectivity index (χ1) is 16.2. The molecule has 0 saturated carbocycles. The van der Waals surface area contributed by atoms with Crippen LogP contribution in [-0.2, 0) is 21.2 Å². The molecule has 1 aromatic carbocycles. The van der Waals surface area contributed by atoms with Gasteiger partial charge in [0.05, 0.1) is 5.69 Å². The van der Waals surface area contributed by atoms with Crippen LogP contribution in [0.5, 0.6) is 0 Å². The molecule has 190 valence electrons. The van der Waals surface area contributed by atoms with E-state index in [4.69, 9.17) is 11.5 Å². The van der Waals surface area contributed by atoms with Crippen molar-refractivity contribution in [2.75, 3.05) is 38.1 Å². The second-order valence-corrected chi connectivity index (χ2v) is 11.1. The fourth-order valence-electron chi connectivity index (χ4n) is 4.79. The van der Waals surface area contributed by atoms with Gasteiger partial charge in [-0.25, -0.2) is 8.42 Å². The molecule has 34 heavy (non-hydrogen) atoms. The minimum Gasteiger partial charge on any atom is -0.396 e. The lowest BCUT2D eigenvalue weighted by Gasteiger charge is -2.35. The predicted octanol–water partition coefficient (Wildman–Crippen LogP) is 0.612. The van der Waals surface area contributed by atoms with Crippen molar-refractivity contribution in [3.05, 3.63) is 23.8 Å². The molecule has 1 amide bonds. The van der Waals surface area contributed by atoms with Crippen molar-refractivity contribution in [3.8, 4) is 0 Å². The summed E-state index contributed by atoms with van der Waals surface area (Å²) in [4.78, 5) is 19.3. The zero-order chi connectivity index (χ0) is 24.7. The summed E-state index contributed by atoms with van der Waals surface area (Å²) in [6, 6.07) is 4.32. The number of nitrogens with zero attached hydrogens (tertiary/aromatic N) is 2. The molecule has 3 atom stereocenters. The molecule has 0 radical (unpaired) electrons. The van der Waals surface area contributed by atoms with Gasteiger partial charge in [0.25, 0.3) is 0 Å². The number of aliphatic hydroxyl groups is 1. The Labute approximate surface area is 202 Å². The van der Waals surface area contributed by atoms with E-state index in [1.54, 1.807) is 17.0 Å². The van der Waals surface area contributed by atoms with Gasteiger partial charge >= 0.3 is 0 Å². The van der Waals surface area contributed by atoms with E-state index in [-0.39, 0.29) is 35.7 Å². The molecule has 1 saturated heterocycles. The molecule has 2 unspecified atom stereocenters. The van der Waals surface area contributed by atoms with Gasteiger partial charge in [-0.15, -0.1) is 0 Å². The van der Waals surface area contributed by atoms with Crippen LogP contribution in [-0.4, -0.2) is 69.1 Å². The first-order valence-corrected chi connectivity index (χ1v) is 13.5. The zero-order valence-electron chi connectivity index (χ0n) is 19.9. The van der Waals surface area contributed by atoms with E-state index >= 15 is 0 Å². The number of aliphatic hydroxyl groups excluding tert-OH is 1. The number of rotatable bonds is 10. The summed E-state index contributed by atoms with van der Waals surface area (Å²) in [5, 5.41) is 12.6. The summed E-state index contributed by atoms with van der Waals surface area (Å²) >= 11 is 0. The number of aliphatic imine (C=N–C) groups is 1. The molecule has 2 aliphatic heterocycles. The normalized spacial score (nSPS) is 21.3. The van der Waals surface area contributed by atoms with Crippen LogP contribution < -0.4 is 21.5 Å². The van der Waals surface area contributed by atoms with Gasteiger partial charge in [0.1, 0.15) is 10.9 Å². The number of anilines is 1. The Hall–Kier alpha value is -2.37. The fraction of sp³-hybridized carbons (Fsp3) is 0.652. The quantitative estimate of drug-likeness (QED) is 0.181. The number of amides is 1. The monoisotopic (exact) mass is 494 g/mol. The lowest BCUT2D eigenvalue weighted by atomic mass is 9.94. The van der Waals surface area contributed by atoms with Gasteiger partial charge < -0.3 is 26.8 Å². The Morgan fingerprint density at radius 1 is 1.38 bits per heavy atom. The summed E-state index contributed by atoms with van der Waals surface area (Å²) in [5.74, 6) is 0.341. The van der Waals surface area contributed by atoms with E-state index in [1.165, 1.54) is 0 Å². The summed E-state index contributed by atoms with van der Waals surface area (Å²) in [6.45, 7) is 4.29. The van der Waals surface area contributed by atoms with Crippen molar-refractivity contribution in [2.24, 2.45) is 28.3 Å². The number of carbonyl (C=O) groups excluding carboxylic acids is 1. The van der Waals surface area contributed by atoms with Crippen LogP contribution >= 0.6 is 0 Å². The second-order valence-electron chi connectivity index (χ2n) is 9.41. The Morgan fingerprint density at radius 2 is 2.18 bits per heavy atom. The highest BCUT2D eigenvalue weighted by Crippen LogP contribution is 2.31. The van der Waals surface area contributed by atoms with Gasteiger partial charge in [0.2, 0.25) is 15.9 Å². The van der Waals surface area contributed by atoms with Crippen LogP contribution in [0.4, 0.5) is 5.69 Å². The van der Waals surface area contributed by atoms with Crippen LogP contribution in [0.2, 0.25) is 0 Å². The number of nitrogens with one attached hydrogen (secondary N) is 2. The number of para-hydroxylation sites is 1. The van der Waals surface area contributed by atoms with E-state index < -0.39 is 16.1 Å². The van der Waals surface area contributed by atoms with E-state index in [2.05, 4.69) is 22.0 Å². The van der Waals surface area contributed by atoms with E-state index in [0.29, 0.717) is 50.6 Å². The number of likely N-dealkylation sites (tertiary alicyclic amines) is 1. The van der Waals surface area contributed by atoms with Gasteiger partial charge in [-0.3, -0.25) is 9.79 Å². The van der Waals surface area contributed by atoms with Gasteiger partial charge in [-0.1, -0.05) is 19.1 Å². The maximum absolute atomic E-state index is 13.5. The topological polar surface area (TPSA) is 163 Å². The summed E-state index contributed by atoms with van der Waals surface area (Å²) in [7, 11) is -3.96. The summed E-state index contributed by atoms with van der Waals surface area (Å²) < 4.78 is 29.6. The highest BCUT2D eigenvalue weighted by Gasteiger charge is 2.33. The number of piperidine rings is 1.